The van der Waals surface area contributed by atoms with Crippen LogP contribution in [0.5, 0.6) is 0 Å². The molecule has 0 unspecified atom stereocenters. The third-order valence-electron chi connectivity index (χ3n) is 4.21. The number of aromatic amines is 1. The maximum absolute atomic E-state index is 12.9. The van der Waals surface area contributed by atoms with Gasteiger partial charge in [-0.3, -0.25) is 9.89 Å². The lowest BCUT2D eigenvalue weighted by atomic mass is 10.2. The number of hydrogen-bond acceptors (Lipinski definition) is 6. The molecular weight excluding hydrogens is 322 g/mol. The molecule has 1 N–H and O–H groups in total. The van der Waals surface area contributed by atoms with Crippen molar-refractivity contribution in [1.29, 1.82) is 0 Å². The normalized spacial score (nSPS) is 18.2. The summed E-state index contributed by atoms with van der Waals surface area (Å²) in [6.07, 6.45) is 6.49. The molecule has 0 saturated carbocycles. The average Bonchev–Trinajstić information content (AvgIpc) is 3.30. The molecule has 25 heavy (non-hydrogen) atoms. The summed E-state index contributed by atoms with van der Waals surface area (Å²) in [6.45, 7) is 5.40. The highest BCUT2D eigenvalue weighted by molar-refractivity contribution is 5.97. The van der Waals surface area contributed by atoms with Crippen LogP contribution in [0, 0.1) is 0 Å². The zero-order valence-corrected chi connectivity index (χ0v) is 14.1. The van der Waals surface area contributed by atoms with Crippen LogP contribution in [-0.2, 0) is 4.74 Å². The first-order valence-corrected chi connectivity index (χ1v) is 8.24. The first kappa shape index (κ1) is 15.7. The standard InChI is InChI=1S/C16H19N7O2/c1-10(2)13-19-14(21-20-13)11-9-23(7-8-25-11)16(24)12-15-18-4-6-22(15)5-3-17-12/h3-6,10-11H,7-9H2,1-2H3,(H,19,20,21)/t11-/m0/s1. The van der Waals surface area contributed by atoms with Crippen molar-refractivity contribution >= 4 is 11.6 Å². The fraction of sp³-hybridized carbons (Fsp3) is 0.438. The van der Waals surface area contributed by atoms with Gasteiger partial charge in [0.15, 0.2) is 23.0 Å². The van der Waals surface area contributed by atoms with Crippen LogP contribution >= 0.6 is 0 Å². The monoisotopic (exact) mass is 341 g/mol. The second kappa shape index (κ2) is 6.25. The molecule has 9 nitrogen and oxygen atoms in total. The molecule has 1 fully saturated rings. The molecule has 3 aromatic heterocycles. The van der Waals surface area contributed by atoms with E-state index >= 15 is 0 Å². The van der Waals surface area contributed by atoms with E-state index in [2.05, 4.69) is 25.1 Å². The molecule has 9 heteroatoms. The minimum atomic E-state index is -0.322. The Kier molecular flexibility index (Phi) is 3.92. The van der Waals surface area contributed by atoms with E-state index in [0.29, 0.717) is 36.9 Å². The molecule has 0 spiro atoms. The minimum Gasteiger partial charge on any atom is -0.367 e. The number of imidazole rings is 1. The molecule has 3 aromatic rings. The van der Waals surface area contributed by atoms with Crippen molar-refractivity contribution in [2.24, 2.45) is 0 Å². The smallest absolute Gasteiger partial charge is 0.276 e. The number of carbonyl (C=O) groups is 1. The molecular formula is C16H19N7O2. The Balaban J connectivity index is 1.56. The third kappa shape index (κ3) is 2.86. The van der Waals surface area contributed by atoms with Crippen molar-refractivity contribution in [3.8, 4) is 0 Å². The van der Waals surface area contributed by atoms with Crippen LogP contribution in [0.4, 0.5) is 0 Å². The van der Waals surface area contributed by atoms with Crippen LogP contribution in [-0.4, -0.2) is 60.1 Å². The molecule has 1 saturated heterocycles. The summed E-state index contributed by atoms with van der Waals surface area (Å²) in [6, 6.07) is 0. The maximum atomic E-state index is 12.9. The average molecular weight is 341 g/mol. The third-order valence-corrected chi connectivity index (χ3v) is 4.21. The van der Waals surface area contributed by atoms with Gasteiger partial charge in [-0.2, -0.15) is 5.10 Å². The molecule has 4 heterocycles. The first-order valence-electron chi connectivity index (χ1n) is 8.24. The SMILES string of the molecule is CC(C)c1n[nH]c([C@@H]2CN(C(=O)c3nccn4ccnc34)CCO2)n1. The van der Waals surface area contributed by atoms with Gasteiger partial charge in [-0.25, -0.2) is 15.0 Å². The summed E-state index contributed by atoms with van der Waals surface area (Å²) in [5.41, 5.74) is 0.894. The van der Waals surface area contributed by atoms with Crippen LogP contribution < -0.4 is 0 Å². The highest BCUT2D eigenvalue weighted by Gasteiger charge is 2.30. The zero-order chi connectivity index (χ0) is 17.4. The number of rotatable bonds is 3. The summed E-state index contributed by atoms with van der Waals surface area (Å²) in [5, 5.41) is 7.13. The van der Waals surface area contributed by atoms with Gasteiger partial charge in [0.05, 0.1) is 13.2 Å². The van der Waals surface area contributed by atoms with E-state index in [1.165, 1.54) is 0 Å². The number of ether oxygens (including phenoxy) is 1. The van der Waals surface area contributed by atoms with Crippen LogP contribution in [0.25, 0.3) is 5.65 Å². The maximum Gasteiger partial charge on any atom is 0.276 e. The summed E-state index contributed by atoms with van der Waals surface area (Å²) in [7, 11) is 0. The lowest BCUT2D eigenvalue weighted by molar-refractivity contribution is -0.0268. The number of nitrogens with one attached hydrogen (secondary N) is 1. The Morgan fingerprint density at radius 1 is 1.32 bits per heavy atom. The van der Waals surface area contributed by atoms with E-state index in [4.69, 9.17) is 4.74 Å². The molecule has 1 amide bonds. The van der Waals surface area contributed by atoms with Gasteiger partial charge in [0, 0.05) is 37.3 Å². The Morgan fingerprint density at radius 3 is 2.88 bits per heavy atom. The van der Waals surface area contributed by atoms with Crippen molar-refractivity contribution in [2.75, 3.05) is 19.7 Å². The van der Waals surface area contributed by atoms with E-state index in [9.17, 15) is 4.79 Å². The Labute approximate surface area is 144 Å². The predicted octanol–water partition coefficient (Wildman–Crippen LogP) is 1.18. The molecule has 0 aliphatic carbocycles. The van der Waals surface area contributed by atoms with Gasteiger partial charge in [-0.1, -0.05) is 13.8 Å². The van der Waals surface area contributed by atoms with Gasteiger partial charge >= 0.3 is 0 Å². The summed E-state index contributed by atoms with van der Waals surface area (Å²) in [5.74, 6) is 1.46. The van der Waals surface area contributed by atoms with Crippen LogP contribution in [0.2, 0.25) is 0 Å². The van der Waals surface area contributed by atoms with E-state index in [1.54, 1.807) is 34.1 Å². The highest BCUT2D eigenvalue weighted by atomic mass is 16.5. The van der Waals surface area contributed by atoms with Crippen LogP contribution in [0.3, 0.4) is 0 Å². The largest absolute Gasteiger partial charge is 0.367 e. The highest BCUT2D eigenvalue weighted by Crippen LogP contribution is 2.22. The summed E-state index contributed by atoms with van der Waals surface area (Å²) < 4.78 is 7.56. The fourth-order valence-corrected chi connectivity index (χ4v) is 2.84. The second-order valence-electron chi connectivity index (χ2n) is 6.28. The summed E-state index contributed by atoms with van der Waals surface area (Å²) in [4.78, 5) is 27.6. The lowest BCUT2D eigenvalue weighted by Gasteiger charge is -2.31. The Morgan fingerprint density at radius 2 is 2.12 bits per heavy atom. The van der Waals surface area contributed by atoms with Crippen molar-refractivity contribution in [3.05, 3.63) is 42.1 Å². The number of carbonyl (C=O) groups excluding carboxylic acids is 1. The predicted molar refractivity (Wildman–Crippen MR) is 88.1 cm³/mol. The van der Waals surface area contributed by atoms with E-state index < -0.39 is 0 Å². The quantitative estimate of drug-likeness (QED) is 0.768. The molecule has 130 valence electrons. The number of H-pyrrole nitrogens is 1. The van der Waals surface area contributed by atoms with Crippen molar-refractivity contribution in [1.82, 2.24) is 34.4 Å². The van der Waals surface area contributed by atoms with E-state index in [0.717, 1.165) is 5.82 Å². The van der Waals surface area contributed by atoms with E-state index in [1.807, 2.05) is 13.8 Å². The van der Waals surface area contributed by atoms with Gasteiger partial charge < -0.3 is 14.0 Å². The molecule has 0 radical (unpaired) electrons. The second-order valence-corrected chi connectivity index (χ2v) is 6.28. The number of nitrogens with zero attached hydrogens (tertiary/aromatic N) is 6. The van der Waals surface area contributed by atoms with Crippen LogP contribution in [0.1, 0.15) is 48.0 Å². The first-order chi connectivity index (χ1) is 12.1. The molecule has 0 bridgehead atoms. The fourth-order valence-electron chi connectivity index (χ4n) is 2.84. The summed E-state index contributed by atoms with van der Waals surface area (Å²) >= 11 is 0. The number of hydrogen-bond donors (Lipinski definition) is 1. The number of morpholine rings is 1. The van der Waals surface area contributed by atoms with Crippen molar-refractivity contribution < 1.29 is 9.53 Å². The van der Waals surface area contributed by atoms with Gasteiger partial charge in [0.2, 0.25) is 0 Å². The molecule has 1 aliphatic heterocycles. The van der Waals surface area contributed by atoms with Gasteiger partial charge in [0.1, 0.15) is 6.10 Å². The van der Waals surface area contributed by atoms with Gasteiger partial charge in [-0.15, -0.1) is 0 Å². The topological polar surface area (TPSA) is 101 Å². The number of amides is 1. The van der Waals surface area contributed by atoms with Gasteiger partial charge in [0.25, 0.3) is 5.91 Å². The van der Waals surface area contributed by atoms with Crippen LogP contribution in [0.15, 0.2) is 24.8 Å². The molecule has 0 aromatic carbocycles. The Bertz CT molecular complexity index is 901. The minimum absolute atomic E-state index is 0.159. The Hall–Kier alpha value is -2.81. The lowest BCUT2D eigenvalue weighted by Crippen LogP contribution is -2.43. The zero-order valence-electron chi connectivity index (χ0n) is 14.1. The molecule has 1 atom stereocenters. The molecule has 1 aliphatic rings. The van der Waals surface area contributed by atoms with Gasteiger partial charge in [-0.05, 0) is 0 Å². The number of aromatic nitrogens is 6. The van der Waals surface area contributed by atoms with Crippen molar-refractivity contribution in [2.45, 2.75) is 25.9 Å². The number of fused-ring (bicyclic) bond motifs is 1. The van der Waals surface area contributed by atoms with Crippen molar-refractivity contribution in [3.63, 3.8) is 0 Å². The van der Waals surface area contributed by atoms with E-state index in [-0.39, 0.29) is 17.9 Å². The molecule has 4 rings (SSSR count).